The minimum Gasteiger partial charge on any atom is -1.00 e. The summed E-state index contributed by atoms with van der Waals surface area (Å²) in [5, 5.41) is 0. The average Bonchev–Trinajstić information content (AvgIpc) is 3.38. The summed E-state index contributed by atoms with van der Waals surface area (Å²) in [6.45, 7) is 3.83. The van der Waals surface area contributed by atoms with Gasteiger partial charge in [0, 0.05) is 14.2 Å². The number of aryl methyl sites for hydroxylation is 2. The summed E-state index contributed by atoms with van der Waals surface area (Å²) in [5.41, 5.74) is 0. The van der Waals surface area contributed by atoms with E-state index < -0.39 is 41.6 Å². The number of aromatic nitrogens is 4. The van der Waals surface area contributed by atoms with Crippen LogP contribution in [0.3, 0.4) is 0 Å². The molecule has 0 spiro atoms. The molecule has 0 unspecified atom stereocenters. The van der Waals surface area contributed by atoms with Gasteiger partial charge in [0.2, 0.25) is 54.3 Å². The van der Waals surface area contributed by atoms with Crippen LogP contribution in [0.5, 0.6) is 0 Å². The number of rotatable bonds is 14. The van der Waals surface area contributed by atoms with Crippen LogP contribution in [0.25, 0.3) is 8.25 Å². The second kappa shape index (κ2) is 27.7. The van der Waals surface area contributed by atoms with Crippen molar-refractivity contribution in [3.05, 3.63) is 45.7 Å². The fourth-order valence-electron chi connectivity index (χ4n) is 2.11. The van der Waals surface area contributed by atoms with Crippen molar-refractivity contribution in [1.29, 1.82) is 0 Å². The second-order valence-corrected chi connectivity index (χ2v) is 11.6. The molecule has 0 radical (unpaired) electrons. The molecule has 0 saturated carbocycles. The smallest absolute Gasteiger partial charge is 1.00 e. The first-order valence-corrected chi connectivity index (χ1v) is 15.9. The molecule has 2 N–H and O–H groups in total. The molecule has 0 saturated heterocycles. The van der Waals surface area contributed by atoms with E-state index in [1.807, 2.05) is 60.7 Å². The van der Waals surface area contributed by atoms with E-state index in [9.17, 15) is 49.2 Å². The standard InChI is InChI=1S/2C8H15N2O2.BrH.2F2NO4S2.K.H2O/c2*1-9-3-4-10(7-9)5-6-12-8-11-2;;2*1-8(4,5)3-9(2,6)7;;/h2*3-4,7H,5-6,8H2,1-2H3;1H;;;;1H2/q2*+1;;2*-1;+1;/p-1. The van der Waals surface area contributed by atoms with Crippen molar-refractivity contribution in [2.45, 2.75) is 13.1 Å². The zero-order chi connectivity index (χ0) is 33.0. The molecule has 2 aromatic heterocycles. The molecule has 0 amide bonds. The molecule has 0 aliphatic heterocycles. The maximum atomic E-state index is 11.1. The predicted molar refractivity (Wildman–Crippen MR) is 137 cm³/mol. The molecule has 0 aromatic carbocycles. The number of halogens is 5. The van der Waals surface area contributed by atoms with Crippen molar-refractivity contribution in [2.24, 2.45) is 14.1 Å². The minimum absolute atomic E-state index is 0. The third-order valence-corrected chi connectivity index (χ3v) is 6.24. The van der Waals surface area contributed by atoms with Gasteiger partial charge in [-0.05, 0) is 0 Å². The first-order valence-electron chi connectivity index (χ1n) is 10.5. The van der Waals surface area contributed by atoms with Crippen molar-refractivity contribution in [3.63, 3.8) is 0 Å². The largest absolute Gasteiger partial charge is 1.00 e. The van der Waals surface area contributed by atoms with Gasteiger partial charge in [0.25, 0.3) is 0 Å². The predicted octanol–water partition coefficient (Wildman–Crippen LogP) is -7.37. The van der Waals surface area contributed by atoms with Gasteiger partial charge in [-0.25, -0.2) is 51.9 Å². The molecule has 0 aliphatic carbocycles. The van der Waals surface area contributed by atoms with Gasteiger partial charge < -0.3 is 49.7 Å². The number of methoxy groups -OCH3 is 2. The minimum atomic E-state index is -5.62. The zero-order valence-corrected chi connectivity index (χ0v) is 32.3. The van der Waals surface area contributed by atoms with Crippen molar-refractivity contribution >= 4 is 41.6 Å². The Labute approximate surface area is 312 Å². The van der Waals surface area contributed by atoms with Gasteiger partial charge in [0.1, 0.15) is 51.5 Å². The summed E-state index contributed by atoms with van der Waals surface area (Å²) in [6, 6.07) is 0. The molecule has 45 heavy (non-hydrogen) atoms. The van der Waals surface area contributed by atoms with Gasteiger partial charge in [-0.2, -0.15) is 0 Å². The van der Waals surface area contributed by atoms with Crippen LogP contribution >= 0.6 is 0 Å². The molecule has 19 nitrogen and oxygen atoms in total. The van der Waals surface area contributed by atoms with E-state index in [0.717, 1.165) is 21.3 Å². The molecular weight excluding hydrogens is 807 g/mol. The van der Waals surface area contributed by atoms with E-state index in [1.54, 1.807) is 14.2 Å². The van der Waals surface area contributed by atoms with Crippen molar-refractivity contribution < 1.29 is 151 Å². The van der Waals surface area contributed by atoms with Crippen LogP contribution in [0.15, 0.2) is 37.4 Å². The monoisotopic (exact) mass is 838 g/mol. The van der Waals surface area contributed by atoms with E-state index in [0.29, 0.717) is 26.8 Å². The average molecular weight is 840 g/mol. The van der Waals surface area contributed by atoms with Gasteiger partial charge >= 0.3 is 51.4 Å². The topological polar surface area (TPSA) is 251 Å². The van der Waals surface area contributed by atoms with Crippen LogP contribution < -0.4 is 77.5 Å². The van der Waals surface area contributed by atoms with Gasteiger partial charge in [-0.1, -0.05) is 0 Å². The fourth-order valence-corrected chi connectivity index (χ4v) is 3.81. The van der Waals surface area contributed by atoms with Crippen molar-refractivity contribution in [3.8, 4) is 0 Å². The molecule has 29 heteroatoms. The zero-order valence-electron chi connectivity index (χ0n) is 24.3. The van der Waals surface area contributed by atoms with Crippen molar-refractivity contribution in [1.82, 2.24) is 9.13 Å². The third kappa shape index (κ3) is 43.8. The van der Waals surface area contributed by atoms with E-state index in [1.165, 1.54) is 0 Å². The Balaban J connectivity index is -0.000000156. The second-order valence-electron chi connectivity index (χ2n) is 7.06. The molecule has 2 rings (SSSR count). The molecule has 264 valence electrons. The number of nitrogens with zero attached hydrogens (tertiary/aromatic N) is 6. The van der Waals surface area contributed by atoms with Crippen LogP contribution in [-0.2, 0) is 87.8 Å². The summed E-state index contributed by atoms with van der Waals surface area (Å²) in [5.74, 6) is 0. The molecule has 2 heterocycles. The molecular formula is C16H32BrF4KN6O13S4. The summed E-state index contributed by atoms with van der Waals surface area (Å²) < 4.78 is 148. The maximum absolute atomic E-state index is 11.1. The summed E-state index contributed by atoms with van der Waals surface area (Å²) in [6.07, 6.45) is 12.0. The van der Waals surface area contributed by atoms with E-state index in [-0.39, 0.29) is 73.8 Å². The van der Waals surface area contributed by atoms with Crippen molar-refractivity contribution in [2.75, 3.05) is 41.0 Å². The Morgan fingerprint density at radius 3 is 1.07 bits per heavy atom. The summed E-state index contributed by atoms with van der Waals surface area (Å²) in [7, 11) is -15.3. The van der Waals surface area contributed by atoms with Gasteiger partial charge in [-0.15, -0.1) is 15.5 Å². The fraction of sp³-hybridized carbons (Fsp3) is 0.625. The maximum Gasteiger partial charge on any atom is 1.00 e. The van der Waals surface area contributed by atoms with E-state index in [4.69, 9.17) is 18.9 Å². The number of hydrogen-bond acceptors (Lipinski definition) is 12. The van der Waals surface area contributed by atoms with Gasteiger partial charge in [-0.3, -0.25) is 0 Å². The first kappa shape index (κ1) is 54.2. The Bertz CT molecular complexity index is 1300. The molecule has 0 bridgehead atoms. The van der Waals surface area contributed by atoms with E-state index in [2.05, 4.69) is 9.13 Å². The van der Waals surface area contributed by atoms with Gasteiger partial charge in [0.15, 0.2) is 0 Å². The number of hydrogen-bond donors (Lipinski definition) is 0. The molecule has 0 fully saturated rings. The number of imidazole rings is 2. The third-order valence-electron chi connectivity index (χ3n) is 3.39. The van der Waals surface area contributed by atoms with E-state index >= 15 is 0 Å². The van der Waals surface area contributed by atoms with Crippen LogP contribution in [0.4, 0.5) is 15.5 Å². The van der Waals surface area contributed by atoms with Crippen LogP contribution in [0.1, 0.15) is 0 Å². The van der Waals surface area contributed by atoms with Gasteiger partial charge in [0.05, 0.1) is 27.3 Å². The van der Waals surface area contributed by atoms with Crippen LogP contribution in [0, 0.1) is 0 Å². The summed E-state index contributed by atoms with van der Waals surface area (Å²) >= 11 is 0. The Morgan fingerprint density at radius 2 is 0.911 bits per heavy atom. The Morgan fingerprint density at radius 1 is 0.644 bits per heavy atom. The summed E-state index contributed by atoms with van der Waals surface area (Å²) in [4.78, 5) is 0. The Kier molecular flexibility index (Phi) is 33.4. The quantitative estimate of drug-likeness (QED) is 0.0430. The Hall–Kier alpha value is -0.224. The van der Waals surface area contributed by atoms with Crippen LogP contribution in [0.2, 0.25) is 0 Å². The normalized spacial score (nSPS) is 11.0. The molecule has 2 aromatic rings. The van der Waals surface area contributed by atoms with Crippen LogP contribution in [-0.4, -0.2) is 89.3 Å². The first-order chi connectivity index (χ1) is 19.1. The SMILES string of the molecule is COCOCCn1cc[n+](C)c1.COCOCCn1cc[n+](C)c1.O.O=S(=O)(F)[N-]S(=O)(=O)F.O=S(=O)(F)[N-]S(=O)(=O)F.[Br-].[K+]. The molecule has 0 aliphatic rings. The molecule has 0 atom stereocenters. The number of ether oxygens (including phenoxy) is 4.